The number of phenols is 1. The quantitative estimate of drug-likeness (QED) is 0.333. The van der Waals surface area contributed by atoms with Crippen molar-refractivity contribution < 1.29 is 19.4 Å². The maximum atomic E-state index is 12.1. The monoisotopic (exact) mass is 608 g/mol. The normalized spacial score (nSPS) is 17.7. The number of aromatic nitrogens is 2. The van der Waals surface area contributed by atoms with E-state index in [9.17, 15) is 9.90 Å². The van der Waals surface area contributed by atoms with E-state index in [1.165, 1.54) is 20.3 Å². The van der Waals surface area contributed by atoms with Crippen molar-refractivity contribution in [2.24, 2.45) is 9.98 Å². The summed E-state index contributed by atoms with van der Waals surface area (Å²) in [4.78, 5) is 28.5. The van der Waals surface area contributed by atoms with Gasteiger partial charge < -0.3 is 19.9 Å². The van der Waals surface area contributed by atoms with Crippen LogP contribution in [0.3, 0.4) is 0 Å². The molecule has 0 amide bonds. The summed E-state index contributed by atoms with van der Waals surface area (Å²) in [6, 6.07) is 18.9. The molecule has 2 aliphatic heterocycles. The zero-order valence-corrected chi connectivity index (χ0v) is 25.0. The molecule has 10 nitrogen and oxygen atoms in total. The number of nitrogens with zero attached hydrogens (tertiary/aromatic N) is 5. The lowest BCUT2D eigenvalue weighted by atomic mass is 10.0. The van der Waals surface area contributed by atoms with E-state index in [4.69, 9.17) is 24.4 Å². The summed E-state index contributed by atoms with van der Waals surface area (Å²) in [7, 11) is 3.00. The first kappa shape index (κ1) is 28.4. The van der Waals surface area contributed by atoms with Crippen LogP contribution >= 0.6 is 0 Å². The zero-order valence-electron chi connectivity index (χ0n) is 25.0. The molecule has 4 heterocycles. The lowest BCUT2D eigenvalue weighted by Crippen LogP contribution is -2.27. The fourth-order valence-electron chi connectivity index (χ4n) is 5.24. The minimum Gasteiger partial charge on any atom is -0.504 e. The fourth-order valence-corrected chi connectivity index (χ4v) is 5.24. The number of methoxy groups -OCH3 is 2. The lowest BCUT2D eigenvalue weighted by Gasteiger charge is -2.16. The number of aromatic hydroxyl groups is 1. The molecule has 0 spiro atoms. The van der Waals surface area contributed by atoms with Crippen LogP contribution in [0.4, 0.5) is 5.82 Å². The van der Waals surface area contributed by atoms with Gasteiger partial charge in [0, 0.05) is 35.9 Å². The highest BCUT2D eigenvalue weighted by molar-refractivity contribution is 6.21. The second kappa shape index (κ2) is 11.9. The average Bonchev–Trinajstić information content (AvgIpc) is 3.66. The van der Waals surface area contributed by atoms with E-state index in [1.807, 2.05) is 94.7 Å². The minimum absolute atomic E-state index is 0.0653. The second-order valence-electron chi connectivity index (χ2n) is 10.4. The Bertz CT molecular complexity index is 2230. The molecule has 2 N–H and O–H groups in total. The number of ether oxygens (including phenoxy) is 2. The number of imidazole rings is 1. The van der Waals surface area contributed by atoms with Crippen molar-refractivity contribution in [3.63, 3.8) is 0 Å². The minimum atomic E-state index is -0.190. The van der Waals surface area contributed by atoms with Gasteiger partial charge in [-0.2, -0.15) is 0 Å². The van der Waals surface area contributed by atoms with Crippen LogP contribution in [-0.4, -0.2) is 51.1 Å². The smallest absolute Gasteiger partial charge is 0.220 e. The van der Waals surface area contributed by atoms with E-state index in [2.05, 4.69) is 5.32 Å². The number of hydrogen-bond acceptors (Lipinski definition) is 8. The molecule has 0 radical (unpaired) electrons. The Balaban J connectivity index is 1.21. The maximum Gasteiger partial charge on any atom is 0.220 e. The molecule has 10 heteroatoms. The van der Waals surface area contributed by atoms with Crippen LogP contribution in [0.25, 0.3) is 29.3 Å². The standard InChI is InChI=1S/C36H28N6O4/c1-45-29-19-25(13-15-27(29)43)33-35(41-17-5-3-7-31(41)39-33)37-21-23-9-11-24(12-10-23)22-38-36-34(40-32-8-4-6-18-42(32)36)26-14-16-28(44)30(20-26)46-2/h3-22,37,43H,1-2H3. The topological polar surface area (TPSA) is 113 Å². The number of nitrogens with one attached hydrogen (secondary N) is 1. The van der Waals surface area contributed by atoms with Crippen molar-refractivity contribution in [1.82, 2.24) is 14.3 Å². The third kappa shape index (κ3) is 5.28. The van der Waals surface area contributed by atoms with Crippen LogP contribution in [0.15, 0.2) is 137 Å². The van der Waals surface area contributed by atoms with Crippen molar-refractivity contribution in [1.29, 1.82) is 0 Å². The molecule has 7 rings (SSSR count). The Morgan fingerprint density at radius 2 is 1.80 bits per heavy atom. The van der Waals surface area contributed by atoms with Crippen LogP contribution < -0.4 is 20.5 Å². The number of carbonyl (C=O) groups is 1. The number of amidine groups is 2. The summed E-state index contributed by atoms with van der Waals surface area (Å²) < 4.78 is 12.6. The van der Waals surface area contributed by atoms with Crippen molar-refractivity contribution in [3.8, 4) is 22.8 Å². The number of allylic oxidation sites excluding steroid dienone is 6. The third-order valence-electron chi connectivity index (χ3n) is 7.57. The lowest BCUT2D eigenvalue weighted by molar-refractivity contribution is -0.114. The van der Waals surface area contributed by atoms with E-state index in [0.29, 0.717) is 17.3 Å². The summed E-state index contributed by atoms with van der Waals surface area (Å²) in [5.74, 6) is 2.65. The highest BCUT2D eigenvalue weighted by Crippen LogP contribution is 2.35. The fraction of sp³-hybridized carbons (Fsp3) is 0.0556. The molecule has 0 saturated heterocycles. The van der Waals surface area contributed by atoms with E-state index in [0.717, 1.165) is 44.6 Å². The van der Waals surface area contributed by atoms with Crippen LogP contribution in [0.5, 0.6) is 11.5 Å². The summed E-state index contributed by atoms with van der Waals surface area (Å²) in [5, 5.41) is 15.4. The van der Waals surface area contributed by atoms with Gasteiger partial charge >= 0.3 is 0 Å². The predicted octanol–water partition coefficient (Wildman–Crippen LogP) is 4.42. The highest BCUT2D eigenvalue weighted by atomic mass is 16.5. The molecule has 0 saturated carbocycles. The first-order valence-electron chi connectivity index (χ1n) is 14.4. The molecule has 2 aromatic heterocycles. The van der Waals surface area contributed by atoms with Gasteiger partial charge in [0.15, 0.2) is 23.1 Å². The summed E-state index contributed by atoms with van der Waals surface area (Å²) in [6.45, 7) is 0. The predicted molar refractivity (Wildman–Crippen MR) is 178 cm³/mol. The van der Waals surface area contributed by atoms with Gasteiger partial charge in [0.25, 0.3) is 0 Å². The number of pyridine rings is 1. The van der Waals surface area contributed by atoms with Crippen molar-refractivity contribution in [2.75, 3.05) is 19.5 Å². The van der Waals surface area contributed by atoms with E-state index >= 15 is 0 Å². The number of phenolic OH excluding ortho intramolecular Hbond substituents is 1. The SMILES string of the molecule is COC1=CC(=C2N=C3C=CC=CN3C2=NC=c2ccc(=CNc3c(-c4ccc(O)c(OC)c4)nc4ccccn34)cc2)C=CC1=O. The largest absolute Gasteiger partial charge is 0.504 e. The van der Waals surface area contributed by atoms with Crippen LogP contribution in [-0.2, 0) is 9.53 Å². The van der Waals surface area contributed by atoms with Crippen molar-refractivity contribution >= 4 is 41.3 Å². The molecule has 0 atom stereocenters. The van der Waals surface area contributed by atoms with Crippen molar-refractivity contribution in [3.05, 3.63) is 137 Å². The van der Waals surface area contributed by atoms with Crippen LogP contribution in [0.2, 0.25) is 0 Å². The Labute approximate surface area is 264 Å². The number of rotatable bonds is 6. The molecule has 0 fully saturated rings. The summed E-state index contributed by atoms with van der Waals surface area (Å²) >= 11 is 0. The molecule has 226 valence electrons. The van der Waals surface area contributed by atoms with Gasteiger partial charge in [-0.3, -0.25) is 14.1 Å². The van der Waals surface area contributed by atoms with Gasteiger partial charge in [-0.25, -0.2) is 15.0 Å². The number of ketones is 1. The molecular weight excluding hydrogens is 580 g/mol. The Kier molecular flexibility index (Phi) is 7.35. The van der Waals surface area contributed by atoms with E-state index < -0.39 is 0 Å². The molecule has 1 aliphatic carbocycles. The molecular formula is C36H28N6O4. The Hall–Kier alpha value is -6.42. The Morgan fingerprint density at radius 1 is 0.957 bits per heavy atom. The average molecular weight is 609 g/mol. The highest BCUT2D eigenvalue weighted by Gasteiger charge is 2.29. The first-order valence-corrected chi connectivity index (χ1v) is 14.4. The molecule has 4 aromatic rings. The van der Waals surface area contributed by atoms with Gasteiger partial charge in [0.2, 0.25) is 5.78 Å². The Morgan fingerprint density at radius 3 is 2.63 bits per heavy atom. The van der Waals surface area contributed by atoms with Gasteiger partial charge in [-0.1, -0.05) is 36.4 Å². The molecule has 46 heavy (non-hydrogen) atoms. The van der Waals surface area contributed by atoms with Crippen LogP contribution in [0, 0.1) is 0 Å². The van der Waals surface area contributed by atoms with Gasteiger partial charge in [-0.05, 0) is 71.1 Å². The number of aliphatic imine (C=N–C) groups is 2. The molecule has 0 unspecified atom stereocenters. The van der Waals surface area contributed by atoms with Gasteiger partial charge in [0.1, 0.15) is 28.7 Å². The number of benzene rings is 2. The van der Waals surface area contributed by atoms with Crippen molar-refractivity contribution in [2.45, 2.75) is 0 Å². The summed E-state index contributed by atoms with van der Waals surface area (Å²) in [5.41, 5.74) is 3.68. The first-order chi connectivity index (χ1) is 22.5. The number of carbonyl (C=O) groups excluding carboxylic acids is 1. The molecule has 2 aromatic carbocycles. The van der Waals surface area contributed by atoms with Crippen LogP contribution in [0.1, 0.15) is 0 Å². The van der Waals surface area contributed by atoms with Gasteiger partial charge in [-0.15, -0.1) is 0 Å². The maximum absolute atomic E-state index is 12.1. The second-order valence-corrected chi connectivity index (χ2v) is 10.4. The molecule has 3 aliphatic rings. The number of anilines is 1. The van der Waals surface area contributed by atoms with Gasteiger partial charge in [0.05, 0.1) is 14.2 Å². The third-order valence-corrected chi connectivity index (χ3v) is 7.57. The number of hydrogen-bond donors (Lipinski definition) is 2. The molecule has 0 bridgehead atoms. The zero-order chi connectivity index (χ0) is 31.6. The summed E-state index contributed by atoms with van der Waals surface area (Å²) in [6.07, 6.45) is 18.2. The number of fused-ring (bicyclic) bond motifs is 2. The van der Waals surface area contributed by atoms with E-state index in [-0.39, 0.29) is 17.3 Å². The van der Waals surface area contributed by atoms with E-state index in [1.54, 1.807) is 30.5 Å².